The summed E-state index contributed by atoms with van der Waals surface area (Å²) in [5.41, 5.74) is 1.69. The first-order valence-electron chi connectivity index (χ1n) is 7.24. The van der Waals surface area contributed by atoms with E-state index in [-0.39, 0.29) is 24.0 Å². The number of nitrogens with one attached hydrogen (secondary N) is 1. The van der Waals surface area contributed by atoms with E-state index in [9.17, 15) is 14.7 Å². The van der Waals surface area contributed by atoms with E-state index in [0.29, 0.717) is 6.42 Å². The molecular weight excluding hydrogens is 270 g/mol. The first-order valence-corrected chi connectivity index (χ1v) is 7.24. The highest BCUT2D eigenvalue weighted by Gasteiger charge is 2.57. The van der Waals surface area contributed by atoms with Crippen molar-refractivity contribution in [3.05, 3.63) is 29.8 Å². The fraction of sp³-hybridized carbons (Fsp3) is 0.500. The van der Waals surface area contributed by atoms with Gasteiger partial charge in [-0.1, -0.05) is 25.1 Å². The Labute approximate surface area is 123 Å². The molecule has 0 radical (unpaired) electrons. The van der Waals surface area contributed by atoms with Gasteiger partial charge in [0, 0.05) is 5.69 Å². The van der Waals surface area contributed by atoms with Gasteiger partial charge in [0.05, 0.1) is 24.0 Å². The number of carboxylic acid groups (broad SMARTS) is 1. The molecule has 1 saturated heterocycles. The lowest BCUT2D eigenvalue weighted by atomic mass is 9.72. The molecule has 5 unspecified atom stereocenters. The van der Waals surface area contributed by atoms with Crippen LogP contribution in [0.15, 0.2) is 24.3 Å². The maximum absolute atomic E-state index is 12.5. The number of rotatable bonds is 3. The van der Waals surface area contributed by atoms with Crippen LogP contribution in [0.3, 0.4) is 0 Å². The number of epoxide rings is 1. The van der Waals surface area contributed by atoms with Gasteiger partial charge in [-0.25, -0.2) is 0 Å². The van der Waals surface area contributed by atoms with Gasteiger partial charge >= 0.3 is 5.97 Å². The fourth-order valence-electron chi connectivity index (χ4n) is 3.38. The fourth-order valence-corrected chi connectivity index (χ4v) is 3.38. The largest absolute Gasteiger partial charge is 0.481 e. The molecule has 5 atom stereocenters. The third kappa shape index (κ3) is 2.53. The summed E-state index contributed by atoms with van der Waals surface area (Å²) in [7, 11) is 0. The number of benzene rings is 1. The highest BCUT2D eigenvalue weighted by atomic mass is 16.6. The second-order valence-electron chi connectivity index (χ2n) is 6.01. The molecule has 3 rings (SSSR count). The predicted molar refractivity (Wildman–Crippen MR) is 76.9 cm³/mol. The van der Waals surface area contributed by atoms with Crippen LogP contribution < -0.4 is 5.32 Å². The number of fused-ring (bicyclic) bond motifs is 1. The summed E-state index contributed by atoms with van der Waals surface area (Å²) in [6.45, 7) is 3.77. The van der Waals surface area contributed by atoms with Crippen molar-refractivity contribution in [2.75, 3.05) is 5.32 Å². The molecule has 1 amide bonds. The molecule has 2 N–H and O–H groups in total. The minimum absolute atomic E-state index is 0.00797. The number of ether oxygens (including phenoxy) is 1. The molecule has 1 aromatic carbocycles. The van der Waals surface area contributed by atoms with Crippen molar-refractivity contribution < 1.29 is 19.4 Å². The number of aryl methyl sites for hydroxylation is 1. The van der Waals surface area contributed by atoms with E-state index in [1.54, 1.807) is 0 Å². The van der Waals surface area contributed by atoms with Gasteiger partial charge < -0.3 is 15.2 Å². The van der Waals surface area contributed by atoms with Crippen molar-refractivity contribution in [1.29, 1.82) is 0 Å². The zero-order valence-electron chi connectivity index (χ0n) is 12.1. The third-order valence-electron chi connectivity index (χ3n) is 4.65. The highest BCUT2D eigenvalue weighted by molar-refractivity contribution is 5.96. The lowest BCUT2D eigenvalue weighted by molar-refractivity contribution is -0.149. The van der Waals surface area contributed by atoms with Crippen molar-refractivity contribution in [2.45, 2.75) is 32.5 Å². The first-order chi connectivity index (χ1) is 9.99. The van der Waals surface area contributed by atoms with Crippen LogP contribution in [-0.4, -0.2) is 29.2 Å². The van der Waals surface area contributed by atoms with Crippen molar-refractivity contribution in [3.8, 4) is 0 Å². The number of anilines is 1. The summed E-state index contributed by atoms with van der Waals surface area (Å²) in [5.74, 6) is -2.49. The number of carbonyl (C=O) groups excluding carboxylic acids is 1. The molecule has 1 heterocycles. The Balaban J connectivity index is 1.79. The summed E-state index contributed by atoms with van der Waals surface area (Å²) in [6.07, 6.45) is 0.542. The Morgan fingerprint density at radius 1 is 1.33 bits per heavy atom. The number of carbonyl (C=O) groups is 2. The quantitative estimate of drug-likeness (QED) is 0.835. The zero-order chi connectivity index (χ0) is 15.1. The van der Waals surface area contributed by atoms with Gasteiger partial charge in [-0.3, -0.25) is 9.59 Å². The second-order valence-corrected chi connectivity index (χ2v) is 6.01. The van der Waals surface area contributed by atoms with Crippen molar-refractivity contribution >= 4 is 17.6 Å². The summed E-state index contributed by atoms with van der Waals surface area (Å²) >= 11 is 0. The van der Waals surface area contributed by atoms with Gasteiger partial charge in [-0.15, -0.1) is 0 Å². The van der Waals surface area contributed by atoms with E-state index in [0.717, 1.165) is 11.3 Å². The summed E-state index contributed by atoms with van der Waals surface area (Å²) in [5, 5.41) is 12.3. The van der Waals surface area contributed by atoms with Gasteiger partial charge in [0.2, 0.25) is 5.91 Å². The van der Waals surface area contributed by atoms with Crippen molar-refractivity contribution in [2.24, 2.45) is 17.8 Å². The summed E-state index contributed by atoms with van der Waals surface area (Å²) in [4.78, 5) is 24.0. The molecule has 5 heteroatoms. The van der Waals surface area contributed by atoms with Crippen LogP contribution in [0.1, 0.15) is 18.9 Å². The van der Waals surface area contributed by atoms with Gasteiger partial charge in [-0.05, 0) is 30.9 Å². The van der Waals surface area contributed by atoms with Gasteiger partial charge in [-0.2, -0.15) is 0 Å². The van der Waals surface area contributed by atoms with E-state index < -0.39 is 17.8 Å². The molecular formula is C16H19NO4. The van der Waals surface area contributed by atoms with Crippen LogP contribution in [0.5, 0.6) is 0 Å². The Morgan fingerprint density at radius 3 is 2.71 bits per heavy atom. The number of amides is 1. The van der Waals surface area contributed by atoms with Crippen LogP contribution >= 0.6 is 0 Å². The lowest BCUT2D eigenvalue weighted by Gasteiger charge is -2.30. The van der Waals surface area contributed by atoms with E-state index in [4.69, 9.17) is 4.74 Å². The average molecular weight is 289 g/mol. The van der Waals surface area contributed by atoms with Crippen LogP contribution in [0.4, 0.5) is 5.69 Å². The Bertz CT molecular complexity index is 585. The van der Waals surface area contributed by atoms with Crippen LogP contribution in [0.25, 0.3) is 0 Å². The maximum atomic E-state index is 12.5. The van der Waals surface area contributed by atoms with Crippen LogP contribution in [0.2, 0.25) is 0 Å². The molecule has 21 heavy (non-hydrogen) atoms. The van der Waals surface area contributed by atoms with E-state index in [1.165, 1.54) is 0 Å². The average Bonchev–Trinajstić information content (AvgIpc) is 3.20. The second kappa shape index (κ2) is 5.15. The summed E-state index contributed by atoms with van der Waals surface area (Å²) < 4.78 is 5.48. The zero-order valence-corrected chi connectivity index (χ0v) is 12.1. The number of para-hydroxylation sites is 1. The molecule has 1 aliphatic carbocycles. The number of carboxylic acids is 1. The maximum Gasteiger partial charge on any atom is 0.307 e. The standard InChI is InChI=1S/C16H19NO4/c1-8-5-3-4-6-11(8)17-15(18)10-7-12-14(21-12)9(2)13(10)16(19)20/h3-6,9-10,12-14H,7H2,1-2H3,(H,17,18)(H,19,20). The Hall–Kier alpha value is -1.88. The minimum atomic E-state index is -0.915. The monoisotopic (exact) mass is 289 g/mol. The summed E-state index contributed by atoms with van der Waals surface area (Å²) in [6, 6.07) is 7.48. The minimum Gasteiger partial charge on any atom is -0.481 e. The SMILES string of the molecule is Cc1ccccc1NC(=O)C1CC2OC2C(C)C1C(=O)O. The smallest absolute Gasteiger partial charge is 0.307 e. The van der Waals surface area contributed by atoms with Crippen molar-refractivity contribution in [1.82, 2.24) is 0 Å². The molecule has 0 spiro atoms. The molecule has 0 bridgehead atoms. The number of hydrogen-bond donors (Lipinski definition) is 2. The molecule has 2 aliphatic rings. The first kappa shape index (κ1) is 14.1. The van der Waals surface area contributed by atoms with Crippen LogP contribution in [-0.2, 0) is 14.3 Å². The van der Waals surface area contributed by atoms with E-state index >= 15 is 0 Å². The normalized spacial score (nSPS) is 33.9. The molecule has 0 aromatic heterocycles. The van der Waals surface area contributed by atoms with E-state index in [1.807, 2.05) is 38.1 Å². The predicted octanol–water partition coefficient (Wildman–Crippen LogP) is 2.06. The van der Waals surface area contributed by atoms with Gasteiger partial charge in [0.25, 0.3) is 0 Å². The van der Waals surface area contributed by atoms with E-state index in [2.05, 4.69) is 5.32 Å². The Morgan fingerprint density at radius 2 is 2.05 bits per heavy atom. The Kier molecular flexibility index (Phi) is 3.45. The van der Waals surface area contributed by atoms with Gasteiger partial charge in [0.1, 0.15) is 0 Å². The molecule has 1 aliphatic heterocycles. The highest BCUT2D eigenvalue weighted by Crippen LogP contribution is 2.47. The van der Waals surface area contributed by atoms with Crippen molar-refractivity contribution in [3.63, 3.8) is 0 Å². The molecule has 1 aromatic rings. The molecule has 1 saturated carbocycles. The third-order valence-corrected chi connectivity index (χ3v) is 4.65. The van der Waals surface area contributed by atoms with Crippen LogP contribution in [0, 0.1) is 24.7 Å². The topological polar surface area (TPSA) is 78.9 Å². The van der Waals surface area contributed by atoms with Gasteiger partial charge in [0.15, 0.2) is 0 Å². The molecule has 2 fully saturated rings. The molecule has 112 valence electrons. The number of aliphatic carboxylic acids is 1. The molecule has 5 nitrogen and oxygen atoms in total. The number of hydrogen-bond acceptors (Lipinski definition) is 3. The lowest BCUT2D eigenvalue weighted by Crippen LogP contribution is -2.43.